The second kappa shape index (κ2) is 7.77. The Morgan fingerprint density at radius 1 is 1.21 bits per heavy atom. The molecular formula is C15H27BrN2S. The number of thiophene rings is 1. The highest BCUT2D eigenvalue weighted by Gasteiger charge is 2.37. The molecule has 0 aliphatic heterocycles. The Hall–Kier alpha value is 0.1000. The third-order valence-corrected chi connectivity index (χ3v) is 6.00. The fourth-order valence-corrected chi connectivity index (χ4v) is 4.72. The molecule has 110 valence electrons. The first-order valence-electron chi connectivity index (χ1n) is 7.28. The van der Waals surface area contributed by atoms with Crippen LogP contribution in [0.25, 0.3) is 0 Å². The molecule has 0 aliphatic rings. The van der Waals surface area contributed by atoms with Crippen molar-refractivity contribution in [3.05, 3.63) is 20.8 Å². The first-order chi connectivity index (χ1) is 9.03. The van der Waals surface area contributed by atoms with Gasteiger partial charge in [0.25, 0.3) is 0 Å². The highest BCUT2D eigenvalue weighted by molar-refractivity contribution is 9.11. The Kier molecular flexibility index (Phi) is 7.01. The van der Waals surface area contributed by atoms with Crippen molar-refractivity contribution in [3.8, 4) is 0 Å². The molecule has 1 atom stereocenters. The molecule has 0 bridgehead atoms. The molecule has 1 aromatic heterocycles. The maximum atomic E-state index is 6.62. The number of nitrogens with zero attached hydrogens (tertiary/aromatic N) is 1. The van der Waals surface area contributed by atoms with Crippen molar-refractivity contribution in [2.75, 3.05) is 13.1 Å². The zero-order valence-electron chi connectivity index (χ0n) is 12.6. The predicted octanol–water partition coefficient (Wildman–Crippen LogP) is 4.28. The van der Waals surface area contributed by atoms with E-state index in [1.807, 2.05) is 0 Å². The van der Waals surface area contributed by atoms with E-state index in [0.29, 0.717) is 0 Å². The Labute approximate surface area is 130 Å². The molecule has 0 saturated carbocycles. The van der Waals surface area contributed by atoms with Gasteiger partial charge in [0.15, 0.2) is 0 Å². The Balaban J connectivity index is 2.91. The van der Waals surface area contributed by atoms with Crippen molar-refractivity contribution in [3.63, 3.8) is 0 Å². The highest BCUT2D eigenvalue weighted by Crippen LogP contribution is 2.31. The first kappa shape index (κ1) is 17.2. The van der Waals surface area contributed by atoms with Crippen LogP contribution in [0.1, 0.15) is 45.4 Å². The van der Waals surface area contributed by atoms with Crippen LogP contribution in [0.4, 0.5) is 0 Å². The molecule has 1 unspecified atom stereocenters. The topological polar surface area (TPSA) is 29.3 Å². The molecule has 1 heterocycles. The second-order valence-corrected chi connectivity index (χ2v) is 7.55. The SMILES string of the molecule is CCN(CC)C(CC)(CC)C(N)Cc1ccc(Br)s1. The van der Waals surface area contributed by atoms with Gasteiger partial charge >= 0.3 is 0 Å². The van der Waals surface area contributed by atoms with Gasteiger partial charge in [0.2, 0.25) is 0 Å². The van der Waals surface area contributed by atoms with E-state index >= 15 is 0 Å². The van der Waals surface area contributed by atoms with Gasteiger partial charge in [-0.2, -0.15) is 0 Å². The van der Waals surface area contributed by atoms with Gasteiger partial charge in [-0.25, -0.2) is 0 Å². The minimum absolute atomic E-state index is 0.125. The summed E-state index contributed by atoms with van der Waals surface area (Å²) in [6, 6.07) is 4.49. The molecular weight excluding hydrogens is 320 g/mol. The average molecular weight is 347 g/mol. The number of nitrogens with two attached hydrogens (primary N) is 1. The third-order valence-electron chi connectivity index (χ3n) is 4.36. The van der Waals surface area contributed by atoms with Gasteiger partial charge in [0.1, 0.15) is 0 Å². The maximum Gasteiger partial charge on any atom is 0.0701 e. The summed E-state index contributed by atoms with van der Waals surface area (Å²) in [5.41, 5.74) is 6.74. The van der Waals surface area contributed by atoms with Crippen LogP contribution < -0.4 is 5.73 Å². The molecule has 0 aromatic carbocycles. The van der Waals surface area contributed by atoms with Gasteiger partial charge in [0.05, 0.1) is 3.79 Å². The van der Waals surface area contributed by atoms with Gasteiger partial charge in [-0.15, -0.1) is 11.3 Å². The standard InChI is InChI=1S/C15H27BrN2S/c1-5-15(6-2,18(7-3)8-4)13(17)11-12-9-10-14(16)19-12/h9-10,13H,5-8,11,17H2,1-4H3. The lowest BCUT2D eigenvalue weighted by atomic mass is 9.81. The van der Waals surface area contributed by atoms with E-state index in [1.54, 1.807) is 11.3 Å². The van der Waals surface area contributed by atoms with Crippen LogP contribution in [0.5, 0.6) is 0 Å². The minimum atomic E-state index is 0.125. The van der Waals surface area contributed by atoms with Crippen LogP contribution in [0.15, 0.2) is 15.9 Å². The monoisotopic (exact) mass is 346 g/mol. The number of hydrogen-bond donors (Lipinski definition) is 1. The summed E-state index contributed by atoms with van der Waals surface area (Å²) in [6.45, 7) is 11.1. The number of rotatable bonds is 8. The summed E-state index contributed by atoms with van der Waals surface area (Å²) in [4.78, 5) is 3.91. The summed E-state index contributed by atoms with van der Waals surface area (Å²) < 4.78 is 1.19. The summed E-state index contributed by atoms with van der Waals surface area (Å²) in [5.74, 6) is 0. The molecule has 1 rings (SSSR count). The van der Waals surface area contributed by atoms with Crippen molar-refractivity contribution in [2.45, 2.75) is 58.5 Å². The second-order valence-electron chi connectivity index (χ2n) is 5.00. The van der Waals surface area contributed by atoms with Gasteiger partial charge < -0.3 is 5.73 Å². The van der Waals surface area contributed by atoms with E-state index < -0.39 is 0 Å². The lowest BCUT2D eigenvalue weighted by Crippen LogP contribution is -2.60. The highest BCUT2D eigenvalue weighted by atomic mass is 79.9. The largest absolute Gasteiger partial charge is 0.326 e. The molecule has 1 aromatic rings. The quantitative estimate of drug-likeness (QED) is 0.760. The van der Waals surface area contributed by atoms with E-state index in [-0.39, 0.29) is 11.6 Å². The van der Waals surface area contributed by atoms with Gasteiger partial charge in [0, 0.05) is 16.5 Å². The normalized spacial score (nSPS) is 14.1. The van der Waals surface area contributed by atoms with Gasteiger partial charge in [-0.3, -0.25) is 4.90 Å². The lowest BCUT2D eigenvalue weighted by molar-refractivity contribution is 0.0631. The smallest absolute Gasteiger partial charge is 0.0701 e. The van der Waals surface area contributed by atoms with E-state index in [4.69, 9.17) is 5.73 Å². The molecule has 0 amide bonds. The maximum absolute atomic E-state index is 6.62. The lowest BCUT2D eigenvalue weighted by Gasteiger charge is -2.46. The van der Waals surface area contributed by atoms with Crippen molar-refractivity contribution < 1.29 is 0 Å². The summed E-state index contributed by atoms with van der Waals surface area (Å²) in [6.07, 6.45) is 3.19. The number of halogens is 1. The van der Waals surface area contributed by atoms with Crippen LogP contribution in [0, 0.1) is 0 Å². The zero-order chi connectivity index (χ0) is 14.5. The third kappa shape index (κ3) is 3.81. The number of hydrogen-bond acceptors (Lipinski definition) is 3. The van der Waals surface area contributed by atoms with E-state index in [2.05, 4.69) is 60.7 Å². The van der Waals surface area contributed by atoms with Gasteiger partial charge in [-0.05, 0) is 60.4 Å². The molecule has 2 nitrogen and oxygen atoms in total. The summed E-state index contributed by atoms with van der Waals surface area (Å²) in [7, 11) is 0. The first-order valence-corrected chi connectivity index (χ1v) is 8.89. The van der Waals surface area contributed by atoms with Gasteiger partial charge in [-0.1, -0.05) is 27.7 Å². The minimum Gasteiger partial charge on any atom is -0.326 e. The fraction of sp³-hybridized carbons (Fsp3) is 0.733. The van der Waals surface area contributed by atoms with Crippen molar-refractivity contribution >= 4 is 27.3 Å². The summed E-state index contributed by atoms with van der Waals surface area (Å²) in [5, 5.41) is 0. The molecule has 0 aliphatic carbocycles. The van der Waals surface area contributed by atoms with Crippen molar-refractivity contribution in [1.82, 2.24) is 4.90 Å². The molecule has 0 radical (unpaired) electrons. The Morgan fingerprint density at radius 2 is 1.79 bits per heavy atom. The van der Waals surface area contributed by atoms with E-state index in [9.17, 15) is 0 Å². The van der Waals surface area contributed by atoms with E-state index in [0.717, 1.165) is 32.4 Å². The molecule has 0 saturated heterocycles. The zero-order valence-corrected chi connectivity index (χ0v) is 15.0. The molecule has 0 spiro atoms. The molecule has 4 heteroatoms. The summed E-state index contributed by atoms with van der Waals surface area (Å²) >= 11 is 5.33. The van der Waals surface area contributed by atoms with E-state index in [1.165, 1.54) is 8.66 Å². The fourth-order valence-electron chi connectivity index (χ4n) is 3.18. The van der Waals surface area contributed by atoms with Crippen molar-refractivity contribution in [2.24, 2.45) is 5.73 Å². The van der Waals surface area contributed by atoms with Crippen molar-refractivity contribution in [1.29, 1.82) is 0 Å². The number of likely N-dealkylation sites (N-methyl/N-ethyl adjacent to an activating group) is 1. The molecule has 2 N–H and O–H groups in total. The van der Waals surface area contributed by atoms with Crippen LogP contribution in [-0.4, -0.2) is 29.6 Å². The van der Waals surface area contributed by atoms with Crippen LogP contribution in [-0.2, 0) is 6.42 Å². The van der Waals surface area contributed by atoms with Crippen LogP contribution in [0.3, 0.4) is 0 Å². The average Bonchev–Trinajstić information content (AvgIpc) is 2.81. The van der Waals surface area contributed by atoms with Crippen LogP contribution in [0.2, 0.25) is 0 Å². The Bertz CT molecular complexity index is 370. The molecule has 0 fully saturated rings. The predicted molar refractivity (Wildman–Crippen MR) is 89.9 cm³/mol. The molecule has 19 heavy (non-hydrogen) atoms. The Morgan fingerprint density at radius 3 is 2.16 bits per heavy atom. The van der Waals surface area contributed by atoms with Crippen LogP contribution >= 0.6 is 27.3 Å².